The van der Waals surface area contributed by atoms with Crippen LogP contribution in [0.1, 0.15) is 32.1 Å². The topological polar surface area (TPSA) is 67.9 Å². The van der Waals surface area contributed by atoms with Gasteiger partial charge < -0.3 is 19.7 Å². The third-order valence-electron chi connectivity index (χ3n) is 4.67. The number of carbonyl (C=O) groups is 2. The van der Waals surface area contributed by atoms with Crippen LogP contribution in [0.3, 0.4) is 0 Å². The minimum atomic E-state index is -0.496. The number of piperidine rings is 2. The van der Waals surface area contributed by atoms with E-state index in [0.717, 1.165) is 38.8 Å². The Hall–Kier alpha value is -1.14. The van der Waals surface area contributed by atoms with Gasteiger partial charge in [-0.15, -0.1) is 0 Å². The number of esters is 1. The van der Waals surface area contributed by atoms with E-state index in [2.05, 4.69) is 5.32 Å². The van der Waals surface area contributed by atoms with Crippen molar-refractivity contribution in [3.05, 3.63) is 0 Å². The molecule has 0 saturated carbocycles. The molecule has 21 heavy (non-hydrogen) atoms. The monoisotopic (exact) mass is 298 g/mol. The second-order valence-corrected chi connectivity index (χ2v) is 6.00. The van der Waals surface area contributed by atoms with Gasteiger partial charge in [-0.25, -0.2) is 4.79 Å². The minimum absolute atomic E-state index is 0.0564. The van der Waals surface area contributed by atoms with Crippen molar-refractivity contribution in [2.45, 2.75) is 38.1 Å². The summed E-state index contributed by atoms with van der Waals surface area (Å²) in [5, 5.41) is 3.28. The molecule has 1 N–H and O–H groups in total. The van der Waals surface area contributed by atoms with Crippen molar-refractivity contribution in [1.82, 2.24) is 10.2 Å². The fourth-order valence-electron chi connectivity index (χ4n) is 3.46. The summed E-state index contributed by atoms with van der Waals surface area (Å²) in [7, 11) is 3.01. The number of nitrogens with zero attached hydrogens (tertiary/aromatic N) is 1. The molecular weight excluding hydrogens is 272 g/mol. The zero-order valence-corrected chi connectivity index (χ0v) is 13.0. The summed E-state index contributed by atoms with van der Waals surface area (Å²) in [4.78, 5) is 26.8. The van der Waals surface area contributed by atoms with Crippen molar-refractivity contribution in [3.63, 3.8) is 0 Å². The third-order valence-corrected chi connectivity index (χ3v) is 4.67. The lowest BCUT2D eigenvalue weighted by molar-refractivity contribution is -0.162. The lowest BCUT2D eigenvalue weighted by Gasteiger charge is -2.43. The van der Waals surface area contributed by atoms with Crippen molar-refractivity contribution in [3.8, 4) is 0 Å². The van der Waals surface area contributed by atoms with Gasteiger partial charge in [0.2, 0.25) is 5.91 Å². The molecule has 120 valence electrons. The summed E-state index contributed by atoms with van der Waals surface area (Å²) in [6.45, 7) is 2.67. The number of methoxy groups -OCH3 is 2. The molecule has 2 fully saturated rings. The van der Waals surface area contributed by atoms with Crippen LogP contribution < -0.4 is 5.32 Å². The maximum absolute atomic E-state index is 13.1. The van der Waals surface area contributed by atoms with Crippen molar-refractivity contribution in [2.75, 3.05) is 40.5 Å². The van der Waals surface area contributed by atoms with E-state index in [1.807, 2.05) is 0 Å². The summed E-state index contributed by atoms with van der Waals surface area (Å²) in [5.74, 6) is -0.245. The van der Waals surface area contributed by atoms with E-state index in [1.54, 1.807) is 12.0 Å². The largest absolute Gasteiger partial charge is 0.467 e. The van der Waals surface area contributed by atoms with E-state index in [1.165, 1.54) is 7.11 Å². The van der Waals surface area contributed by atoms with E-state index in [0.29, 0.717) is 19.6 Å². The normalized spacial score (nSPS) is 25.4. The van der Waals surface area contributed by atoms with Crippen LogP contribution in [0.25, 0.3) is 0 Å². The maximum Gasteiger partial charge on any atom is 0.328 e. The highest BCUT2D eigenvalue weighted by molar-refractivity contribution is 5.88. The molecule has 1 atom stereocenters. The first-order valence-corrected chi connectivity index (χ1v) is 7.73. The summed E-state index contributed by atoms with van der Waals surface area (Å²) in [6, 6.07) is -0.431. The molecule has 0 aromatic carbocycles. The fourth-order valence-corrected chi connectivity index (χ4v) is 3.46. The molecule has 0 bridgehead atoms. The Kier molecular flexibility index (Phi) is 5.58. The Bertz CT molecular complexity index is 374. The molecule has 6 heteroatoms. The van der Waals surface area contributed by atoms with Crippen LogP contribution in [-0.2, 0) is 19.1 Å². The first-order chi connectivity index (χ1) is 10.1. The highest BCUT2D eigenvalue weighted by Gasteiger charge is 2.45. The van der Waals surface area contributed by atoms with Gasteiger partial charge in [-0.3, -0.25) is 4.79 Å². The third kappa shape index (κ3) is 3.37. The number of amides is 1. The van der Waals surface area contributed by atoms with Gasteiger partial charge in [-0.1, -0.05) is 0 Å². The number of carbonyl (C=O) groups excluding carboxylic acids is 2. The summed E-state index contributed by atoms with van der Waals surface area (Å²) < 4.78 is 10.2. The van der Waals surface area contributed by atoms with Crippen LogP contribution >= 0.6 is 0 Å². The predicted octanol–water partition coefficient (Wildman–Crippen LogP) is 0.557. The van der Waals surface area contributed by atoms with Crippen LogP contribution in [0, 0.1) is 5.41 Å². The molecule has 2 heterocycles. The van der Waals surface area contributed by atoms with E-state index in [-0.39, 0.29) is 11.9 Å². The first-order valence-electron chi connectivity index (χ1n) is 7.73. The number of likely N-dealkylation sites (tertiary alicyclic amines) is 1. The molecular formula is C15H26N2O4. The Labute approximate surface area is 126 Å². The number of hydrogen-bond donors (Lipinski definition) is 1. The van der Waals surface area contributed by atoms with E-state index >= 15 is 0 Å². The molecule has 6 nitrogen and oxygen atoms in total. The first kappa shape index (κ1) is 16.2. The highest BCUT2D eigenvalue weighted by Crippen LogP contribution is 2.34. The number of rotatable bonds is 4. The van der Waals surface area contributed by atoms with E-state index in [9.17, 15) is 9.59 Å². The summed E-state index contributed by atoms with van der Waals surface area (Å²) in [5.41, 5.74) is -0.496. The molecule has 2 aliphatic rings. The predicted molar refractivity (Wildman–Crippen MR) is 77.8 cm³/mol. The second kappa shape index (κ2) is 7.22. The molecule has 0 aliphatic carbocycles. The standard InChI is InChI=1S/C15H26N2O4/c1-20-11-15(6-8-16-9-7-15)14(19)17-10-4-3-5-12(17)13(18)21-2/h12,16H,3-11H2,1-2H3. The number of nitrogens with one attached hydrogen (secondary N) is 1. The molecule has 0 aromatic heterocycles. The van der Waals surface area contributed by atoms with Gasteiger partial charge in [-0.05, 0) is 45.2 Å². The minimum Gasteiger partial charge on any atom is -0.467 e. The van der Waals surface area contributed by atoms with E-state index < -0.39 is 11.5 Å². The van der Waals surface area contributed by atoms with E-state index in [4.69, 9.17) is 9.47 Å². The van der Waals surface area contributed by atoms with Gasteiger partial charge in [0.15, 0.2) is 0 Å². The van der Waals surface area contributed by atoms with Crippen molar-refractivity contribution >= 4 is 11.9 Å². The van der Waals surface area contributed by atoms with Gasteiger partial charge in [0, 0.05) is 13.7 Å². The fraction of sp³-hybridized carbons (Fsp3) is 0.867. The van der Waals surface area contributed by atoms with Gasteiger partial charge in [-0.2, -0.15) is 0 Å². The Balaban J connectivity index is 2.19. The molecule has 1 unspecified atom stereocenters. The van der Waals surface area contributed by atoms with Gasteiger partial charge >= 0.3 is 5.97 Å². The smallest absolute Gasteiger partial charge is 0.328 e. The average molecular weight is 298 g/mol. The Morgan fingerprint density at radius 1 is 1.24 bits per heavy atom. The maximum atomic E-state index is 13.1. The van der Waals surface area contributed by atoms with Gasteiger partial charge in [0.05, 0.1) is 19.1 Å². The molecule has 0 spiro atoms. The van der Waals surface area contributed by atoms with Gasteiger partial charge in [0.1, 0.15) is 6.04 Å². The molecule has 2 rings (SSSR count). The van der Waals surface area contributed by atoms with Crippen LogP contribution in [0.5, 0.6) is 0 Å². The lowest BCUT2D eigenvalue weighted by Crippen LogP contribution is -2.57. The van der Waals surface area contributed by atoms with Crippen molar-refractivity contribution in [1.29, 1.82) is 0 Å². The Morgan fingerprint density at radius 2 is 1.95 bits per heavy atom. The van der Waals surface area contributed by atoms with Gasteiger partial charge in [0.25, 0.3) is 0 Å². The molecule has 1 amide bonds. The number of ether oxygens (including phenoxy) is 2. The van der Waals surface area contributed by atoms with Crippen molar-refractivity contribution < 1.29 is 19.1 Å². The molecule has 0 radical (unpaired) electrons. The zero-order chi connectivity index (χ0) is 15.3. The van der Waals surface area contributed by atoms with Crippen LogP contribution in [0.4, 0.5) is 0 Å². The average Bonchev–Trinajstić information content (AvgIpc) is 2.54. The van der Waals surface area contributed by atoms with Crippen LogP contribution in [-0.4, -0.2) is 63.3 Å². The lowest BCUT2D eigenvalue weighted by atomic mass is 9.77. The summed E-state index contributed by atoms with van der Waals surface area (Å²) in [6.07, 6.45) is 4.11. The second-order valence-electron chi connectivity index (χ2n) is 6.00. The van der Waals surface area contributed by atoms with Crippen molar-refractivity contribution in [2.24, 2.45) is 5.41 Å². The zero-order valence-electron chi connectivity index (χ0n) is 13.0. The highest BCUT2D eigenvalue weighted by atomic mass is 16.5. The molecule has 2 saturated heterocycles. The SMILES string of the molecule is COCC1(C(=O)N2CCCCC2C(=O)OC)CCNCC1. The summed E-state index contributed by atoms with van der Waals surface area (Å²) >= 11 is 0. The quantitative estimate of drug-likeness (QED) is 0.768. The molecule has 0 aromatic rings. The van der Waals surface area contributed by atoms with Crippen LogP contribution in [0.15, 0.2) is 0 Å². The molecule has 2 aliphatic heterocycles. The number of hydrogen-bond acceptors (Lipinski definition) is 5. The van der Waals surface area contributed by atoms with Crippen LogP contribution in [0.2, 0.25) is 0 Å². The Morgan fingerprint density at radius 3 is 2.57 bits per heavy atom.